The second-order valence-electron chi connectivity index (χ2n) is 31.3. The molecule has 0 amide bonds. The average Bonchev–Trinajstić information content (AvgIpc) is 0.908. The molecule has 606 valence electrons. The van der Waals surface area contributed by atoms with Gasteiger partial charge in [0.25, 0.3) is 0 Å². The van der Waals surface area contributed by atoms with Crippen LogP contribution in [-0.4, -0.2) is 96.7 Å². The van der Waals surface area contributed by atoms with Crippen LogP contribution in [0.15, 0.2) is 0 Å². The molecule has 2 unspecified atom stereocenters. The van der Waals surface area contributed by atoms with Crippen LogP contribution in [0, 0.1) is 17.8 Å². The number of carbonyl (C=O) groups is 4. The van der Waals surface area contributed by atoms with Crippen molar-refractivity contribution in [1.82, 2.24) is 0 Å². The first-order chi connectivity index (χ1) is 49.2. The van der Waals surface area contributed by atoms with E-state index in [0.29, 0.717) is 31.6 Å². The molecule has 0 aliphatic heterocycles. The number of unbranched alkanes of at least 4 members (excludes halogenated alkanes) is 49. The first kappa shape index (κ1) is 100. The van der Waals surface area contributed by atoms with Gasteiger partial charge in [0, 0.05) is 25.7 Å². The van der Waals surface area contributed by atoms with Crippen molar-refractivity contribution in [2.45, 2.75) is 452 Å². The topological polar surface area (TPSA) is 237 Å². The van der Waals surface area contributed by atoms with Crippen molar-refractivity contribution >= 4 is 39.5 Å². The van der Waals surface area contributed by atoms with Gasteiger partial charge in [-0.3, -0.25) is 37.3 Å². The lowest BCUT2D eigenvalue weighted by molar-refractivity contribution is -0.161. The smallest absolute Gasteiger partial charge is 0.462 e. The molecule has 0 fully saturated rings. The summed E-state index contributed by atoms with van der Waals surface area (Å²) in [7, 11) is -9.92. The molecule has 0 aromatic carbocycles. The van der Waals surface area contributed by atoms with Crippen LogP contribution in [0.2, 0.25) is 0 Å². The Balaban J connectivity index is 5.22. The van der Waals surface area contributed by atoms with Crippen molar-refractivity contribution in [2.24, 2.45) is 17.8 Å². The molecule has 0 aliphatic rings. The van der Waals surface area contributed by atoms with Gasteiger partial charge in [0.15, 0.2) is 12.2 Å². The summed E-state index contributed by atoms with van der Waals surface area (Å²) in [5.41, 5.74) is 0. The molecule has 0 aliphatic carbocycles. The predicted molar refractivity (Wildman–Crippen MR) is 418 cm³/mol. The molecular weight excluding hydrogens is 1330 g/mol. The van der Waals surface area contributed by atoms with E-state index in [0.717, 1.165) is 108 Å². The van der Waals surface area contributed by atoms with Crippen molar-refractivity contribution in [2.75, 3.05) is 39.6 Å². The normalized spacial score (nSPS) is 13.9. The predicted octanol–water partition coefficient (Wildman–Crippen LogP) is 24.9. The highest BCUT2D eigenvalue weighted by molar-refractivity contribution is 7.47. The Kier molecular flexibility index (Phi) is 71.8. The molecule has 0 bridgehead atoms. The van der Waals surface area contributed by atoms with Gasteiger partial charge >= 0.3 is 39.5 Å². The molecule has 0 radical (unpaired) electrons. The lowest BCUT2D eigenvalue weighted by Gasteiger charge is -2.21. The maximum atomic E-state index is 13.1. The van der Waals surface area contributed by atoms with Crippen LogP contribution in [0.1, 0.15) is 434 Å². The zero-order chi connectivity index (χ0) is 75.1. The second-order valence-corrected chi connectivity index (χ2v) is 34.2. The van der Waals surface area contributed by atoms with E-state index >= 15 is 0 Å². The average molecular weight is 1490 g/mol. The third kappa shape index (κ3) is 76.3. The molecule has 0 aromatic rings. The minimum absolute atomic E-state index is 0.106. The summed E-state index contributed by atoms with van der Waals surface area (Å²) in [6, 6.07) is 0. The Hall–Kier alpha value is -1.94. The zero-order valence-electron chi connectivity index (χ0n) is 67.1. The molecule has 19 heteroatoms. The van der Waals surface area contributed by atoms with Gasteiger partial charge < -0.3 is 33.8 Å². The number of hydrogen-bond acceptors (Lipinski definition) is 15. The van der Waals surface area contributed by atoms with Crippen molar-refractivity contribution in [1.29, 1.82) is 0 Å². The van der Waals surface area contributed by atoms with Crippen molar-refractivity contribution in [3.05, 3.63) is 0 Å². The highest BCUT2D eigenvalue weighted by Gasteiger charge is 2.30. The molecule has 0 spiro atoms. The number of phosphoric ester groups is 2. The maximum absolute atomic E-state index is 13.1. The fourth-order valence-electron chi connectivity index (χ4n) is 12.8. The molecule has 3 N–H and O–H groups in total. The summed E-state index contributed by atoms with van der Waals surface area (Å²) in [5.74, 6) is 0.165. The summed E-state index contributed by atoms with van der Waals surface area (Å²) < 4.78 is 68.8. The number of carbonyl (C=O) groups excluding carboxylic acids is 4. The van der Waals surface area contributed by atoms with Crippen LogP contribution in [0.5, 0.6) is 0 Å². The first-order valence-electron chi connectivity index (χ1n) is 42.8. The largest absolute Gasteiger partial charge is 0.472 e. The Labute approximate surface area is 626 Å². The minimum Gasteiger partial charge on any atom is -0.462 e. The Bertz CT molecular complexity index is 1970. The number of rotatable bonds is 81. The maximum Gasteiger partial charge on any atom is 0.472 e. The summed E-state index contributed by atoms with van der Waals surface area (Å²) in [5, 5.41) is 10.7. The van der Waals surface area contributed by atoms with E-state index in [1.165, 1.54) is 238 Å². The highest BCUT2D eigenvalue weighted by Crippen LogP contribution is 2.45. The molecule has 5 atom stereocenters. The van der Waals surface area contributed by atoms with Crippen LogP contribution in [0.4, 0.5) is 0 Å². The van der Waals surface area contributed by atoms with Gasteiger partial charge in [-0.05, 0) is 43.4 Å². The van der Waals surface area contributed by atoms with Gasteiger partial charge in [0.1, 0.15) is 19.3 Å². The standard InChI is InChI=1S/C83H162O17P2/c1-8-9-10-11-12-13-14-15-16-17-18-22-27-32-37-42-50-57-64-80(85)93-70-78(99-82(87)66-59-52-43-38-33-28-23-20-19-21-25-30-35-40-47-54-61-74(2)3)72-97-101(89,90)95-68-77(84)69-96-102(91,92)98-73-79(71-94-81(86)65-58-51-46-45-49-56-63-76(6)7)100-83(88)67-60-53-44-39-34-29-24-26-31-36-41-48-55-62-75(4)5/h74-79,84H,8-73H2,1-7H3,(H,89,90)(H,91,92)/t77-,78-,79-/m1/s1. The van der Waals surface area contributed by atoms with Crippen LogP contribution in [-0.2, 0) is 65.4 Å². The number of aliphatic hydroxyl groups is 1. The van der Waals surface area contributed by atoms with E-state index in [4.69, 9.17) is 37.0 Å². The van der Waals surface area contributed by atoms with E-state index in [2.05, 4.69) is 48.5 Å². The number of ether oxygens (including phenoxy) is 4. The molecule has 102 heavy (non-hydrogen) atoms. The summed E-state index contributed by atoms with van der Waals surface area (Å²) in [4.78, 5) is 73.1. The third-order valence-corrected chi connectivity index (χ3v) is 21.3. The summed E-state index contributed by atoms with van der Waals surface area (Å²) in [6.07, 6.45) is 62.6. The van der Waals surface area contributed by atoms with E-state index in [9.17, 15) is 43.2 Å². The first-order valence-corrected chi connectivity index (χ1v) is 45.8. The van der Waals surface area contributed by atoms with Crippen molar-refractivity contribution in [3.63, 3.8) is 0 Å². The minimum atomic E-state index is -4.96. The van der Waals surface area contributed by atoms with Gasteiger partial charge in [0.05, 0.1) is 26.4 Å². The monoisotopic (exact) mass is 1490 g/mol. The van der Waals surface area contributed by atoms with Crippen LogP contribution in [0.25, 0.3) is 0 Å². The molecule has 0 rings (SSSR count). The van der Waals surface area contributed by atoms with Gasteiger partial charge in [0.2, 0.25) is 0 Å². The Morgan fingerprint density at radius 2 is 0.451 bits per heavy atom. The summed E-state index contributed by atoms with van der Waals surface area (Å²) in [6.45, 7) is 11.9. The lowest BCUT2D eigenvalue weighted by atomic mass is 10.0. The fourth-order valence-corrected chi connectivity index (χ4v) is 14.4. The van der Waals surface area contributed by atoms with Gasteiger partial charge in [-0.1, -0.05) is 382 Å². The fraction of sp³-hybridized carbons (Fsp3) is 0.952. The van der Waals surface area contributed by atoms with E-state index in [-0.39, 0.29) is 25.7 Å². The molecule has 0 saturated heterocycles. The van der Waals surface area contributed by atoms with Crippen LogP contribution >= 0.6 is 15.6 Å². The highest BCUT2D eigenvalue weighted by atomic mass is 31.2. The SMILES string of the molecule is CCCCCCCCCCCCCCCCCCCCC(=O)OC[C@H](COP(=O)(O)OC[C@@H](O)COP(=O)(O)OC[C@@H](COC(=O)CCCCCCCCC(C)C)OC(=O)CCCCCCCCCCCCCCCC(C)C)OC(=O)CCCCCCCCCCCCCCCCCCC(C)C. The van der Waals surface area contributed by atoms with Gasteiger partial charge in [-0.25, -0.2) is 9.13 Å². The molecule has 0 heterocycles. The van der Waals surface area contributed by atoms with Crippen LogP contribution < -0.4 is 0 Å². The second kappa shape index (κ2) is 73.2. The number of esters is 4. The summed E-state index contributed by atoms with van der Waals surface area (Å²) >= 11 is 0. The molecular formula is C83H162O17P2. The zero-order valence-corrected chi connectivity index (χ0v) is 68.9. The Morgan fingerprint density at radius 1 is 0.265 bits per heavy atom. The quantitative estimate of drug-likeness (QED) is 0.0222. The van der Waals surface area contributed by atoms with Gasteiger partial charge in [-0.2, -0.15) is 0 Å². The lowest BCUT2D eigenvalue weighted by Crippen LogP contribution is -2.30. The van der Waals surface area contributed by atoms with Crippen molar-refractivity contribution < 1.29 is 80.2 Å². The van der Waals surface area contributed by atoms with E-state index in [1.807, 2.05) is 0 Å². The third-order valence-electron chi connectivity index (χ3n) is 19.4. The number of aliphatic hydroxyl groups excluding tert-OH is 1. The molecule has 17 nitrogen and oxygen atoms in total. The van der Waals surface area contributed by atoms with Gasteiger partial charge in [-0.15, -0.1) is 0 Å². The molecule has 0 saturated carbocycles. The van der Waals surface area contributed by atoms with Crippen LogP contribution in [0.3, 0.4) is 0 Å². The number of phosphoric acid groups is 2. The van der Waals surface area contributed by atoms with Crippen molar-refractivity contribution in [3.8, 4) is 0 Å². The number of hydrogen-bond donors (Lipinski definition) is 3. The van der Waals surface area contributed by atoms with E-state index < -0.39 is 97.5 Å². The Morgan fingerprint density at radius 3 is 0.667 bits per heavy atom. The molecule has 0 aromatic heterocycles. The van der Waals surface area contributed by atoms with E-state index in [1.54, 1.807) is 0 Å².